The third kappa shape index (κ3) is 3.82. The number of piperidine rings is 1. The fraction of sp³-hybridized carbons (Fsp3) is 0.650. The van der Waals surface area contributed by atoms with Crippen LogP contribution in [0.1, 0.15) is 31.2 Å². The molecule has 1 aromatic rings. The summed E-state index contributed by atoms with van der Waals surface area (Å²) in [6.45, 7) is 5.56. The summed E-state index contributed by atoms with van der Waals surface area (Å²) in [6, 6.07) is 10.7. The van der Waals surface area contributed by atoms with Gasteiger partial charge in [-0.3, -0.25) is 0 Å². The maximum absolute atomic E-state index is 8.90. The van der Waals surface area contributed by atoms with Crippen LogP contribution in [0, 0.1) is 17.2 Å². The van der Waals surface area contributed by atoms with Gasteiger partial charge in [0.25, 0.3) is 0 Å². The largest absolute Gasteiger partial charge is 0.376 e. The lowest BCUT2D eigenvalue weighted by molar-refractivity contribution is -0.209. The zero-order valence-corrected chi connectivity index (χ0v) is 14.7. The highest BCUT2D eigenvalue weighted by molar-refractivity contribution is 5.50. The first-order valence-corrected chi connectivity index (χ1v) is 9.47. The van der Waals surface area contributed by atoms with Crippen LogP contribution in [-0.4, -0.2) is 51.1 Å². The summed E-state index contributed by atoms with van der Waals surface area (Å²) >= 11 is 0. The Hall–Kier alpha value is -1.61. The second kappa shape index (κ2) is 7.33. The highest BCUT2D eigenvalue weighted by Crippen LogP contribution is 2.42. The van der Waals surface area contributed by atoms with E-state index in [-0.39, 0.29) is 5.60 Å². The predicted octanol–water partition coefficient (Wildman–Crippen LogP) is 2.31. The molecule has 0 bridgehead atoms. The summed E-state index contributed by atoms with van der Waals surface area (Å²) in [5, 5.41) is 12.7. The van der Waals surface area contributed by atoms with E-state index in [2.05, 4.69) is 28.4 Å². The average molecular weight is 341 g/mol. The molecule has 5 heteroatoms. The topological polar surface area (TPSA) is 57.5 Å². The minimum atomic E-state index is 0.0452. The normalized spacial score (nSPS) is 30.0. The molecule has 0 aromatic heterocycles. The quantitative estimate of drug-likeness (QED) is 0.911. The lowest BCUT2D eigenvalue weighted by Crippen LogP contribution is -2.56. The van der Waals surface area contributed by atoms with Gasteiger partial charge in [-0.2, -0.15) is 5.26 Å². The van der Waals surface area contributed by atoms with Gasteiger partial charge in [0.1, 0.15) is 0 Å². The molecule has 5 nitrogen and oxygen atoms in total. The highest BCUT2D eigenvalue weighted by atomic mass is 16.6. The monoisotopic (exact) mass is 341 g/mol. The van der Waals surface area contributed by atoms with E-state index in [1.807, 2.05) is 12.1 Å². The number of hydrogen-bond acceptors (Lipinski definition) is 5. The zero-order chi connectivity index (χ0) is 17.1. The molecule has 1 N–H and O–H groups in total. The van der Waals surface area contributed by atoms with Gasteiger partial charge in [0.05, 0.1) is 37.1 Å². The molecule has 3 aliphatic rings. The Morgan fingerprint density at radius 2 is 1.92 bits per heavy atom. The van der Waals surface area contributed by atoms with Gasteiger partial charge >= 0.3 is 0 Å². The van der Waals surface area contributed by atoms with Crippen molar-refractivity contribution in [2.24, 2.45) is 5.92 Å². The second-order valence-corrected chi connectivity index (χ2v) is 7.69. The number of anilines is 1. The van der Waals surface area contributed by atoms with Crippen LogP contribution in [0.2, 0.25) is 0 Å². The number of ether oxygens (including phenoxy) is 2. The van der Waals surface area contributed by atoms with Crippen LogP contribution < -0.4 is 10.2 Å². The third-order valence-electron chi connectivity index (χ3n) is 5.87. The zero-order valence-electron chi connectivity index (χ0n) is 14.7. The minimum Gasteiger partial charge on any atom is -0.376 e. The summed E-state index contributed by atoms with van der Waals surface area (Å²) in [5.41, 5.74) is 2.00. The Labute approximate surface area is 149 Å². The fourth-order valence-electron chi connectivity index (χ4n) is 4.41. The highest BCUT2D eigenvalue weighted by Gasteiger charge is 2.46. The number of benzene rings is 1. The molecule has 1 saturated carbocycles. The molecular formula is C20H27N3O2. The average Bonchev–Trinajstić information content (AvgIpc) is 2.66. The van der Waals surface area contributed by atoms with E-state index in [1.165, 1.54) is 18.5 Å². The Morgan fingerprint density at radius 3 is 2.56 bits per heavy atom. The molecule has 0 unspecified atom stereocenters. The summed E-state index contributed by atoms with van der Waals surface area (Å²) in [7, 11) is 0. The molecule has 1 aliphatic carbocycles. The summed E-state index contributed by atoms with van der Waals surface area (Å²) < 4.78 is 11.5. The van der Waals surface area contributed by atoms with Crippen LogP contribution >= 0.6 is 0 Å². The van der Waals surface area contributed by atoms with E-state index in [4.69, 9.17) is 14.7 Å². The molecule has 3 fully saturated rings. The van der Waals surface area contributed by atoms with Crippen LogP contribution in [0.5, 0.6) is 0 Å². The molecule has 0 amide bonds. The number of rotatable bonds is 4. The maximum atomic E-state index is 8.90. The van der Waals surface area contributed by atoms with Crippen LogP contribution in [0.25, 0.3) is 0 Å². The fourth-order valence-corrected chi connectivity index (χ4v) is 4.41. The Kier molecular flexibility index (Phi) is 4.93. The first-order valence-electron chi connectivity index (χ1n) is 9.47. The molecule has 2 aliphatic heterocycles. The van der Waals surface area contributed by atoms with Crippen molar-refractivity contribution in [3.63, 3.8) is 0 Å². The molecule has 1 spiro atoms. The van der Waals surface area contributed by atoms with Crippen molar-refractivity contribution in [3.8, 4) is 6.07 Å². The standard InChI is InChI=1S/C20H27N3O2/c21-13-16-1-3-19(4-2-16)23-7-5-18(6-8-23)22-14-17-11-20(12-17)15-24-9-10-25-20/h1-4,17-18,22H,5-12,14-15H2. The molecule has 2 saturated heterocycles. The first-order chi connectivity index (χ1) is 12.3. The van der Waals surface area contributed by atoms with Crippen LogP contribution in [0.4, 0.5) is 5.69 Å². The van der Waals surface area contributed by atoms with Crippen molar-refractivity contribution in [3.05, 3.63) is 29.8 Å². The van der Waals surface area contributed by atoms with E-state index in [0.717, 1.165) is 63.8 Å². The summed E-state index contributed by atoms with van der Waals surface area (Å²) in [5.74, 6) is 0.734. The van der Waals surface area contributed by atoms with Crippen molar-refractivity contribution in [2.45, 2.75) is 37.3 Å². The molecular weight excluding hydrogens is 314 g/mol. The molecule has 4 rings (SSSR count). The van der Waals surface area contributed by atoms with Crippen molar-refractivity contribution in [1.82, 2.24) is 5.32 Å². The predicted molar refractivity (Wildman–Crippen MR) is 96.6 cm³/mol. The van der Waals surface area contributed by atoms with Crippen LogP contribution in [0.3, 0.4) is 0 Å². The Balaban J connectivity index is 1.17. The lowest BCUT2D eigenvalue weighted by Gasteiger charge is -2.49. The van der Waals surface area contributed by atoms with Crippen LogP contribution in [-0.2, 0) is 9.47 Å². The van der Waals surface area contributed by atoms with Gasteiger partial charge in [0.15, 0.2) is 0 Å². The van der Waals surface area contributed by atoms with Crippen molar-refractivity contribution < 1.29 is 9.47 Å². The van der Waals surface area contributed by atoms with E-state index in [9.17, 15) is 0 Å². The molecule has 2 heterocycles. The van der Waals surface area contributed by atoms with Crippen molar-refractivity contribution >= 4 is 5.69 Å². The lowest BCUT2D eigenvalue weighted by atomic mass is 9.70. The Bertz CT molecular complexity index is 603. The summed E-state index contributed by atoms with van der Waals surface area (Å²) in [6.07, 6.45) is 4.64. The molecule has 0 atom stereocenters. The number of nitrogens with one attached hydrogen (secondary N) is 1. The molecule has 1 aromatic carbocycles. The van der Waals surface area contributed by atoms with Gasteiger partial charge in [-0.1, -0.05) is 0 Å². The minimum absolute atomic E-state index is 0.0452. The number of hydrogen-bond donors (Lipinski definition) is 1. The van der Waals surface area contributed by atoms with Crippen LogP contribution in [0.15, 0.2) is 24.3 Å². The number of nitrogens with zero attached hydrogens (tertiary/aromatic N) is 2. The van der Waals surface area contributed by atoms with Gasteiger partial charge in [-0.25, -0.2) is 0 Å². The van der Waals surface area contributed by atoms with Crippen molar-refractivity contribution in [1.29, 1.82) is 5.26 Å². The van der Waals surface area contributed by atoms with Gasteiger partial charge in [-0.05, 0) is 62.4 Å². The van der Waals surface area contributed by atoms with E-state index in [0.29, 0.717) is 6.04 Å². The van der Waals surface area contributed by atoms with Gasteiger partial charge in [0, 0.05) is 24.8 Å². The molecule has 0 radical (unpaired) electrons. The van der Waals surface area contributed by atoms with Gasteiger partial charge in [0.2, 0.25) is 0 Å². The van der Waals surface area contributed by atoms with E-state index < -0.39 is 0 Å². The van der Waals surface area contributed by atoms with E-state index in [1.54, 1.807) is 0 Å². The first kappa shape index (κ1) is 16.8. The number of nitriles is 1. The van der Waals surface area contributed by atoms with Gasteiger partial charge in [-0.15, -0.1) is 0 Å². The smallest absolute Gasteiger partial charge is 0.0991 e. The maximum Gasteiger partial charge on any atom is 0.0991 e. The molecule has 134 valence electrons. The second-order valence-electron chi connectivity index (χ2n) is 7.69. The van der Waals surface area contributed by atoms with E-state index >= 15 is 0 Å². The molecule has 25 heavy (non-hydrogen) atoms. The third-order valence-corrected chi connectivity index (χ3v) is 5.87. The Morgan fingerprint density at radius 1 is 1.16 bits per heavy atom. The summed E-state index contributed by atoms with van der Waals surface area (Å²) in [4.78, 5) is 2.42. The van der Waals surface area contributed by atoms with Gasteiger partial charge < -0.3 is 19.7 Å². The SMILES string of the molecule is N#Cc1ccc(N2CCC(NCC3CC4(COCCO4)C3)CC2)cc1. The van der Waals surface area contributed by atoms with Crippen molar-refractivity contribution in [2.75, 3.05) is 44.4 Å².